The molecule has 0 aliphatic carbocycles. The van der Waals surface area contributed by atoms with E-state index in [-0.39, 0.29) is 0 Å². The Bertz CT molecular complexity index is 473. The SMILES string of the molecule is Cc1cc(Cl)c2c(C=O)csc2c1. The van der Waals surface area contributed by atoms with Gasteiger partial charge in [-0.05, 0) is 24.6 Å². The first-order chi connectivity index (χ1) is 6.22. The zero-order valence-corrected chi connectivity index (χ0v) is 8.58. The largest absolute Gasteiger partial charge is 0.298 e. The molecule has 0 radical (unpaired) electrons. The fraction of sp³-hybridized carbons (Fsp3) is 0.100. The van der Waals surface area contributed by atoms with E-state index in [9.17, 15) is 4.79 Å². The van der Waals surface area contributed by atoms with Crippen molar-refractivity contribution in [1.29, 1.82) is 0 Å². The number of hydrogen-bond acceptors (Lipinski definition) is 2. The van der Waals surface area contributed by atoms with Crippen LogP contribution in [0.15, 0.2) is 17.5 Å². The van der Waals surface area contributed by atoms with Gasteiger partial charge >= 0.3 is 0 Å². The summed E-state index contributed by atoms with van der Waals surface area (Å²) in [4.78, 5) is 10.7. The van der Waals surface area contributed by atoms with Crippen molar-refractivity contribution < 1.29 is 4.79 Å². The maximum atomic E-state index is 10.7. The molecule has 0 amide bonds. The van der Waals surface area contributed by atoms with Crippen molar-refractivity contribution in [1.82, 2.24) is 0 Å². The average Bonchev–Trinajstić information content (AvgIpc) is 2.47. The second kappa shape index (κ2) is 3.13. The summed E-state index contributed by atoms with van der Waals surface area (Å²) in [7, 11) is 0. The molecule has 2 rings (SSSR count). The van der Waals surface area contributed by atoms with Crippen molar-refractivity contribution in [3.8, 4) is 0 Å². The molecule has 0 saturated carbocycles. The summed E-state index contributed by atoms with van der Waals surface area (Å²) in [6, 6.07) is 3.92. The van der Waals surface area contributed by atoms with Crippen molar-refractivity contribution in [2.75, 3.05) is 0 Å². The summed E-state index contributed by atoms with van der Waals surface area (Å²) in [5.74, 6) is 0. The van der Waals surface area contributed by atoms with Gasteiger partial charge in [0.15, 0.2) is 6.29 Å². The first-order valence-electron chi connectivity index (χ1n) is 3.85. The summed E-state index contributed by atoms with van der Waals surface area (Å²) in [6.07, 6.45) is 0.847. The van der Waals surface area contributed by atoms with Gasteiger partial charge in [-0.25, -0.2) is 0 Å². The van der Waals surface area contributed by atoms with Gasteiger partial charge in [-0.1, -0.05) is 11.6 Å². The third-order valence-corrected chi connectivity index (χ3v) is 3.17. The molecule has 1 heterocycles. The third-order valence-electron chi connectivity index (χ3n) is 1.93. The fourth-order valence-electron chi connectivity index (χ4n) is 1.36. The predicted molar refractivity (Wildman–Crippen MR) is 57.0 cm³/mol. The second-order valence-electron chi connectivity index (χ2n) is 2.93. The lowest BCUT2D eigenvalue weighted by molar-refractivity contribution is 0.112. The van der Waals surface area contributed by atoms with E-state index in [1.165, 1.54) is 0 Å². The Labute approximate surface area is 84.9 Å². The van der Waals surface area contributed by atoms with Crippen molar-refractivity contribution in [3.05, 3.63) is 33.7 Å². The molecule has 0 spiro atoms. The summed E-state index contributed by atoms with van der Waals surface area (Å²) in [6.45, 7) is 1.99. The molecule has 0 saturated heterocycles. The Morgan fingerprint density at radius 3 is 2.92 bits per heavy atom. The highest BCUT2D eigenvalue weighted by Gasteiger charge is 2.07. The van der Waals surface area contributed by atoms with E-state index in [2.05, 4.69) is 0 Å². The molecule has 0 N–H and O–H groups in total. The molecule has 0 aliphatic rings. The molecule has 0 unspecified atom stereocenters. The number of thiophene rings is 1. The van der Waals surface area contributed by atoms with Gasteiger partial charge in [-0.2, -0.15) is 0 Å². The number of carbonyl (C=O) groups excluding carboxylic acids is 1. The van der Waals surface area contributed by atoms with E-state index in [0.29, 0.717) is 10.6 Å². The maximum absolute atomic E-state index is 10.7. The number of carbonyl (C=O) groups is 1. The minimum absolute atomic E-state index is 0.665. The highest BCUT2D eigenvalue weighted by molar-refractivity contribution is 7.17. The van der Waals surface area contributed by atoms with Crippen LogP contribution >= 0.6 is 22.9 Å². The van der Waals surface area contributed by atoms with E-state index in [1.807, 2.05) is 24.4 Å². The maximum Gasteiger partial charge on any atom is 0.151 e. The lowest BCUT2D eigenvalue weighted by atomic mass is 10.1. The lowest BCUT2D eigenvalue weighted by Crippen LogP contribution is -1.78. The molecule has 1 aromatic carbocycles. The number of rotatable bonds is 1. The number of benzene rings is 1. The van der Waals surface area contributed by atoms with Crippen LogP contribution in [-0.2, 0) is 0 Å². The van der Waals surface area contributed by atoms with Crippen LogP contribution in [0.3, 0.4) is 0 Å². The summed E-state index contributed by atoms with van der Waals surface area (Å²) in [5.41, 5.74) is 1.81. The molecule has 0 aliphatic heterocycles. The van der Waals surface area contributed by atoms with E-state index >= 15 is 0 Å². The molecule has 13 heavy (non-hydrogen) atoms. The van der Waals surface area contributed by atoms with Crippen LogP contribution in [0.25, 0.3) is 10.1 Å². The van der Waals surface area contributed by atoms with Gasteiger partial charge in [-0.3, -0.25) is 4.79 Å². The van der Waals surface area contributed by atoms with Gasteiger partial charge < -0.3 is 0 Å². The highest BCUT2D eigenvalue weighted by Crippen LogP contribution is 2.32. The Kier molecular flexibility index (Phi) is 2.10. The highest BCUT2D eigenvalue weighted by atomic mass is 35.5. The van der Waals surface area contributed by atoms with Crippen LogP contribution in [0, 0.1) is 6.92 Å². The van der Waals surface area contributed by atoms with Crippen LogP contribution in [0.4, 0.5) is 0 Å². The van der Waals surface area contributed by atoms with Crippen LogP contribution in [0.1, 0.15) is 15.9 Å². The Morgan fingerprint density at radius 2 is 2.23 bits per heavy atom. The Hall–Kier alpha value is -0.860. The summed E-state index contributed by atoms with van der Waals surface area (Å²) >= 11 is 7.59. The third kappa shape index (κ3) is 1.36. The zero-order chi connectivity index (χ0) is 9.42. The standard InChI is InChI=1S/C10H7ClOS/c1-6-2-8(11)10-7(4-12)5-13-9(10)3-6/h2-5H,1H3. The van der Waals surface area contributed by atoms with Gasteiger partial charge in [-0.15, -0.1) is 11.3 Å². The molecule has 1 aromatic heterocycles. The summed E-state index contributed by atoms with van der Waals surface area (Å²) < 4.78 is 1.08. The van der Waals surface area contributed by atoms with E-state index in [1.54, 1.807) is 11.3 Å². The van der Waals surface area contributed by atoms with Crippen molar-refractivity contribution >= 4 is 39.3 Å². The van der Waals surface area contributed by atoms with Gasteiger partial charge in [0.2, 0.25) is 0 Å². The minimum atomic E-state index is 0.665. The topological polar surface area (TPSA) is 17.1 Å². The fourth-order valence-corrected chi connectivity index (χ4v) is 2.82. The average molecular weight is 211 g/mol. The van der Waals surface area contributed by atoms with Crippen LogP contribution in [0.5, 0.6) is 0 Å². The Morgan fingerprint density at radius 1 is 1.46 bits per heavy atom. The van der Waals surface area contributed by atoms with E-state index in [4.69, 9.17) is 11.6 Å². The molecular weight excluding hydrogens is 204 g/mol. The molecular formula is C10H7ClOS. The molecule has 0 atom stereocenters. The minimum Gasteiger partial charge on any atom is -0.298 e. The van der Waals surface area contributed by atoms with Gasteiger partial charge in [0.25, 0.3) is 0 Å². The number of aryl methyl sites for hydroxylation is 1. The van der Waals surface area contributed by atoms with Crippen LogP contribution in [0.2, 0.25) is 5.02 Å². The predicted octanol–water partition coefficient (Wildman–Crippen LogP) is 3.68. The van der Waals surface area contributed by atoms with E-state index < -0.39 is 0 Å². The molecule has 66 valence electrons. The smallest absolute Gasteiger partial charge is 0.151 e. The quantitative estimate of drug-likeness (QED) is 0.657. The molecule has 0 fully saturated rings. The van der Waals surface area contributed by atoms with Gasteiger partial charge in [0.1, 0.15) is 0 Å². The Balaban J connectivity index is 2.89. The second-order valence-corrected chi connectivity index (χ2v) is 4.25. The first-order valence-corrected chi connectivity index (χ1v) is 5.10. The number of hydrogen-bond donors (Lipinski definition) is 0. The van der Waals surface area contributed by atoms with Crippen molar-refractivity contribution in [2.45, 2.75) is 6.92 Å². The molecule has 2 aromatic rings. The van der Waals surface area contributed by atoms with Gasteiger partial charge in [0.05, 0.1) is 5.02 Å². The van der Waals surface area contributed by atoms with Crippen LogP contribution in [-0.4, -0.2) is 6.29 Å². The van der Waals surface area contributed by atoms with Crippen molar-refractivity contribution in [3.63, 3.8) is 0 Å². The number of aldehydes is 1. The van der Waals surface area contributed by atoms with Crippen molar-refractivity contribution in [2.24, 2.45) is 0 Å². The lowest BCUT2D eigenvalue weighted by Gasteiger charge is -1.97. The normalized spacial score (nSPS) is 10.6. The van der Waals surface area contributed by atoms with Crippen LogP contribution < -0.4 is 0 Å². The summed E-state index contributed by atoms with van der Waals surface area (Å²) in [5, 5.41) is 3.38. The number of fused-ring (bicyclic) bond motifs is 1. The first kappa shape index (κ1) is 8.73. The van der Waals surface area contributed by atoms with E-state index in [0.717, 1.165) is 21.9 Å². The zero-order valence-electron chi connectivity index (χ0n) is 7.00. The molecule has 0 bridgehead atoms. The monoisotopic (exact) mass is 210 g/mol. The molecule has 3 heteroatoms. The molecule has 1 nitrogen and oxygen atoms in total. The van der Waals surface area contributed by atoms with Gasteiger partial charge in [0, 0.05) is 21.0 Å². The number of halogens is 1.